The SMILES string of the molecule is CCCC(=O)[C@@H](CC(C)(C)C)c1ccccc1[S@@](=O)c1ccc(C)cc1. The summed E-state index contributed by atoms with van der Waals surface area (Å²) in [5.74, 6) is 0.0383. The number of carbonyl (C=O) groups excluding carboxylic acids is 1. The van der Waals surface area contributed by atoms with E-state index in [2.05, 4.69) is 20.8 Å². The van der Waals surface area contributed by atoms with Crippen molar-refractivity contribution >= 4 is 16.6 Å². The highest BCUT2D eigenvalue weighted by Crippen LogP contribution is 2.36. The van der Waals surface area contributed by atoms with Gasteiger partial charge >= 0.3 is 0 Å². The molecule has 2 rings (SSSR count). The van der Waals surface area contributed by atoms with Gasteiger partial charge in [-0.25, -0.2) is 4.21 Å². The summed E-state index contributed by atoms with van der Waals surface area (Å²) in [6.07, 6.45) is 2.16. The van der Waals surface area contributed by atoms with Crippen LogP contribution in [0.2, 0.25) is 0 Å². The van der Waals surface area contributed by atoms with Crippen LogP contribution in [-0.2, 0) is 15.6 Å². The van der Waals surface area contributed by atoms with Gasteiger partial charge in [0.25, 0.3) is 0 Å². The van der Waals surface area contributed by atoms with Crippen molar-refractivity contribution in [2.45, 2.75) is 69.6 Å². The van der Waals surface area contributed by atoms with Gasteiger partial charge in [0.15, 0.2) is 0 Å². The van der Waals surface area contributed by atoms with E-state index in [1.165, 1.54) is 0 Å². The van der Waals surface area contributed by atoms with Crippen LogP contribution in [0.15, 0.2) is 58.3 Å². The second-order valence-electron chi connectivity index (χ2n) is 8.15. The number of hydrogen-bond donors (Lipinski definition) is 0. The normalized spacial score (nSPS) is 14.0. The fraction of sp³-hybridized carbons (Fsp3) is 0.435. The van der Waals surface area contributed by atoms with Crippen molar-refractivity contribution in [2.24, 2.45) is 5.41 Å². The van der Waals surface area contributed by atoms with Crippen molar-refractivity contribution in [3.8, 4) is 0 Å². The summed E-state index contributed by atoms with van der Waals surface area (Å²) in [5, 5.41) is 0. The van der Waals surface area contributed by atoms with Gasteiger partial charge in [-0.1, -0.05) is 63.6 Å². The van der Waals surface area contributed by atoms with Crippen LogP contribution in [0.4, 0.5) is 0 Å². The first-order valence-electron chi connectivity index (χ1n) is 9.33. The molecule has 0 unspecified atom stereocenters. The molecule has 0 radical (unpaired) electrons. The van der Waals surface area contributed by atoms with Crippen LogP contribution in [0.3, 0.4) is 0 Å². The van der Waals surface area contributed by atoms with E-state index in [1.807, 2.05) is 62.4 Å². The summed E-state index contributed by atoms with van der Waals surface area (Å²) in [6, 6.07) is 15.5. The molecule has 0 aromatic heterocycles. The molecule has 2 aromatic rings. The Bertz CT molecular complexity index is 770. The topological polar surface area (TPSA) is 34.1 Å². The molecule has 0 N–H and O–H groups in total. The molecular formula is C23H30O2S. The molecule has 0 saturated carbocycles. The van der Waals surface area contributed by atoms with E-state index in [1.54, 1.807) is 0 Å². The van der Waals surface area contributed by atoms with E-state index in [0.29, 0.717) is 6.42 Å². The molecule has 0 saturated heterocycles. The highest BCUT2D eigenvalue weighted by atomic mass is 32.2. The molecule has 2 aromatic carbocycles. The van der Waals surface area contributed by atoms with Gasteiger partial charge in [0, 0.05) is 22.1 Å². The number of Topliss-reactive ketones (excluding diaryl/α,β-unsaturated/α-hetero) is 1. The molecule has 0 aliphatic heterocycles. The largest absolute Gasteiger partial charge is 0.299 e. The van der Waals surface area contributed by atoms with Crippen LogP contribution in [0.1, 0.15) is 64.0 Å². The van der Waals surface area contributed by atoms with Gasteiger partial charge in [-0.2, -0.15) is 0 Å². The summed E-state index contributed by atoms with van der Waals surface area (Å²) >= 11 is 0. The first-order chi connectivity index (χ1) is 12.2. The molecule has 26 heavy (non-hydrogen) atoms. The van der Waals surface area contributed by atoms with Crippen molar-refractivity contribution in [2.75, 3.05) is 0 Å². The number of benzene rings is 2. The molecule has 0 amide bonds. The van der Waals surface area contributed by atoms with Gasteiger partial charge in [-0.05, 0) is 48.9 Å². The Morgan fingerprint density at radius 3 is 2.23 bits per heavy atom. The molecule has 0 fully saturated rings. The first-order valence-corrected chi connectivity index (χ1v) is 10.5. The Balaban J connectivity index is 2.48. The summed E-state index contributed by atoms with van der Waals surface area (Å²) in [4.78, 5) is 14.4. The number of carbonyl (C=O) groups is 1. The molecule has 0 aliphatic carbocycles. The summed E-state index contributed by atoms with van der Waals surface area (Å²) < 4.78 is 13.2. The molecule has 2 nitrogen and oxygen atoms in total. The van der Waals surface area contributed by atoms with E-state index in [4.69, 9.17) is 0 Å². The zero-order chi connectivity index (χ0) is 19.3. The molecule has 2 atom stereocenters. The van der Waals surface area contributed by atoms with Crippen LogP contribution in [-0.4, -0.2) is 9.99 Å². The van der Waals surface area contributed by atoms with Gasteiger partial charge in [0.05, 0.1) is 10.8 Å². The third kappa shape index (κ3) is 5.38. The third-order valence-corrected chi connectivity index (χ3v) is 5.90. The van der Waals surface area contributed by atoms with Gasteiger partial charge in [0.2, 0.25) is 0 Å². The van der Waals surface area contributed by atoms with Crippen LogP contribution in [0.5, 0.6) is 0 Å². The molecule has 3 heteroatoms. The monoisotopic (exact) mass is 370 g/mol. The summed E-state index contributed by atoms with van der Waals surface area (Å²) in [7, 11) is -1.29. The van der Waals surface area contributed by atoms with Crippen LogP contribution in [0, 0.1) is 12.3 Å². The van der Waals surface area contributed by atoms with Crippen molar-refractivity contribution in [1.82, 2.24) is 0 Å². The minimum atomic E-state index is -1.29. The lowest BCUT2D eigenvalue weighted by Crippen LogP contribution is -2.21. The summed E-state index contributed by atoms with van der Waals surface area (Å²) in [6.45, 7) is 10.5. The molecule has 0 bridgehead atoms. The number of ketones is 1. The Labute approximate surface area is 160 Å². The lowest BCUT2D eigenvalue weighted by atomic mass is 9.78. The van der Waals surface area contributed by atoms with Crippen LogP contribution < -0.4 is 0 Å². The van der Waals surface area contributed by atoms with Crippen molar-refractivity contribution < 1.29 is 9.00 Å². The van der Waals surface area contributed by atoms with E-state index >= 15 is 0 Å². The predicted molar refractivity (Wildman–Crippen MR) is 109 cm³/mol. The second kappa shape index (κ2) is 8.77. The average molecular weight is 371 g/mol. The maximum Gasteiger partial charge on any atom is 0.140 e. The third-order valence-electron chi connectivity index (χ3n) is 4.43. The number of hydrogen-bond acceptors (Lipinski definition) is 2. The number of aryl methyl sites for hydroxylation is 1. The zero-order valence-electron chi connectivity index (χ0n) is 16.5. The highest BCUT2D eigenvalue weighted by Gasteiger charge is 2.29. The van der Waals surface area contributed by atoms with Crippen molar-refractivity contribution in [3.63, 3.8) is 0 Å². The molecule has 0 aliphatic rings. The Kier molecular flexibility index (Phi) is 6.94. The molecular weight excluding hydrogens is 340 g/mol. The lowest BCUT2D eigenvalue weighted by Gasteiger charge is -2.27. The smallest absolute Gasteiger partial charge is 0.140 e. The standard InChI is InChI=1S/C23H30O2S/c1-6-9-21(24)20(16-23(3,4)5)19-10-7-8-11-22(19)26(25)18-14-12-17(2)13-15-18/h7-8,10-15,20H,6,9,16H2,1-5H3/t20-,26-/m0/s1. The fourth-order valence-electron chi connectivity index (χ4n) is 3.16. The van der Waals surface area contributed by atoms with Crippen molar-refractivity contribution in [3.05, 3.63) is 59.7 Å². The first kappa shape index (κ1) is 20.6. The lowest BCUT2D eigenvalue weighted by molar-refractivity contribution is -0.121. The predicted octanol–water partition coefficient (Wildman–Crippen LogP) is 6.05. The van der Waals surface area contributed by atoms with E-state index in [0.717, 1.165) is 33.8 Å². The summed E-state index contributed by atoms with van der Waals surface area (Å²) in [5.41, 5.74) is 2.08. The maximum absolute atomic E-state index is 13.2. The van der Waals surface area contributed by atoms with Gasteiger partial charge in [0.1, 0.15) is 5.78 Å². The van der Waals surface area contributed by atoms with Gasteiger partial charge in [-0.3, -0.25) is 4.79 Å². The molecule has 0 heterocycles. The molecule has 140 valence electrons. The van der Waals surface area contributed by atoms with E-state index < -0.39 is 10.8 Å². The Hall–Kier alpha value is -1.74. The molecule has 0 spiro atoms. The van der Waals surface area contributed by atoms with E-state index in [9.17, 15) is 9.00 Å². The minimum Gasteiger partial charge on any atom is -0.299 e. The van der Waals surface area contributed by atoms with Crippen LogP contribution >= 0.6 is 0 Å². The number of rotatable bonds is 7. The van der Waals surface area contributed by atoms with Crippen molar-refractivity contribution in [1.29, 1.82) is 0 Å². The van der Waals surface area contributed by atoms with Crippen LogP contribution in [0.25, 0.3) is 0 Å². The van der Waals surface area contributed by atoms with Gasteiger partial charge in [-0.15, -0.1) is 0 Å². The Morgan fingerprint density at radius 1 is 1.04 bits per heavy atom. The van der Waals surface area contributed by atoms with E-state index in [-0.39, 0.29) is 17.1 Å². The minimum absolute atomic E-state index is 0.0204. The Morgan fingerprint density at radius 2 is 1.65 bits per heavy atom. The zero-order valence-corrected chi connectivity index (χ0v) is 17.4. The quantitative estimate of drug-likeness (QED) is 0.594. The second-order valence-corrected chi connectivity index (χ2v) is 9.60. The fourth-order valence-corrected chi connectivity index (χ4v) is 4.42. The average Bonchev–Trinajstić information content (AvgIpc) is 2.59. The van der Waals surface area contributed by atoms with Gasteiger partial charge < -0.3 is 0 Å². The highest BCUT2D eigenvalue weighted by molar-refractivity contribution is 7.85. The maximum atomic E-state index is 13.2.